The summed E-state index contributed by atoms with van der Waals surface area (Å²) in [6.07, 6.45) is 0. The molecule has 0 radical (unpaired) electrons. The predicted molar refractivity (Wildman–Crippen MR) is 62.4 cm³/mol. The Morgan fingerprint density at radius 2 is 1.85 bits per heavy atom. The number of halogens is 1. The third-order valence-corrected chi connectivity index (χ3v) is 1.82. The summed E-state index contributed by atoms with van der Waals surface area (Å²) < 4.78 is 4.96. The number of carbonyl (C=O) groups excluding carboxylic acids is 1. The first-order chi connectivity index (χ1) is 6.25. The lowest BCUT2D eigenvalue weighted by atomic mass is 10.1. The minimum atomic E-state index is 0.0252. The Morgan fingerprint density at radius 1 is 1.31 bits per heavy atom. The van der Waals surface area contributed by atoms with Gasteiger partial charge in [-0.1, -0.05) is 26.0 Å². The molecule has 0 aliphatic heterocycles. The van der Waals surface area contributed by atoms with Gasteiger partial charge >= 0.3 is 0 Å². The maximum atomic E-state index is 10.9. The number of carbonyl (C=O) groups is 1. The smallest absolute Gasteiger partial charge is 0.192 e. The van der Waals surface area contributed by atoms with Gasteiger partial charge in [-0.3, -0.25) is 4.79 Å². The Balaban J connectivity index is 0.000000671. The maximum Gasteiger partial charge on any atom is 0.192 e. The van der Waals surface area contributed by atoms with Crippen molar-refractivity contribution < 1.29 is 7.86 Å². The van der Waals surface area contributed by atoms with E-state index in [0.717, 1.165) is 0 Å². The molecule has 0 saturated carbocycles. The fraction of sp³-hybridized carbons (Fsp3) is 0.300. The van der Waals surface area contributed by atoms with E-state index in [2.05, 4.69) is 0 Å². The zero-order valence-electron chi connectivity index (χ0n) is 8.00. The van der Waals surface area contributed by atoms with E-state index in [0.29, 0.717) is 11.3 Å². The van der Waals surface area contributed by atoms with Gasteiger partial charge in [0.1, 0.15) is 5.75 Å². The average Bonchev–Trinajstić information content (AvgIpc) is 2.20. The second-order valence-corrected chi connectivity index (χ2v) is 2.57. The quantitative estimate of drug-likeness (QED) is 0.614. The third-order valence-electron chi connectivity index (χ3n) is 1.35. The van der Waals surface area contributed by atoms with E-state index in [1.54, 1.807) is 35.1 Å². The van der Waals surface area contributed by atoms with E-state index >= 15 is 0 Å². The molecule has 0 saturated heterocycles. The summed E-state index contributed by atoms with van der Waals surface area (Å²) in [4.78, 5) is 10.9. The first-order valence-corrected chi connectivity index (χ1v) is 5.02. The number of ketones is 1. The standard InChI is InChI=1S/C8H7IO2.C2H6/c1-6(10)7-4-2-3-5-8(7)11-9;1-2/h2-5H,1H3;1-2H3. The Morgan fingerprint density at radius 3 is 2.23 bits per heavy atom. The highest BCUT2D eigenvalue weighted by molar-refractivity contribution is 14.1. The van der Waals surface area contributed by atoms with Crippen LogP contribution in [0.25, 0.3) is 0 Å². The van der Waals surface area contributed by atoms with E-state index in [9.17, 15) is 4.79 Å². The summed E-state index contributed by atoms with van der Waals surface area (Å²) in [5.74, 6) is 0.651. The molecule has 72 valence electrons. The minimum absolute atomic E-state index is 0.0252. The van der Waals surface area contributed by atoms with E-state index in [4.69, 9.17) is 3.07 Å². The summed E-state index contributed by atoms with van der Waals surface area (Å²) in [7, 11) is 0. The summed E-state index contributed by atoms with van der Waals surface area (Å²) in [5, 5.41) is 0. The average molecular weight is 292 g/mol. The van der Waals surface area contributed by atoms with Gasteiger partial charge in [0.2, 0.25) is 0 Å². The molecule has 0 aromatic heterocycles. The summed E-state index contributed by atoms with van der Waals surface area (Å²) in [5.41, 5.74) is 0.627. The number of Topliss-reactive ketones (excluding diaryl/α,β-unsaturated/α-hetero) is 1. The molecule has 0 aliphatic rings. The van der Waals surface area contributed by atoms with Gasteiger partial charge in [0.15, 0.2) is 28.8 Å². The van der Waals surface area contributed by atoms with Crippen LogP contribution in [0.5, 0.6) is 5.75 Å². The third kappa shape index (κ3) is 3.76. The number of hydrogen-bond acceptors (Lipinski definition) is 2. The molecule has 3 heteroatoms. The maximum absolute atomic E-state index is 10.9. The van der Waals surface area contributed by atoms with Gasteiger partial charge < -0.3 is 3.07 Å². The first kappa shape index (κ1) is 12.4. The van der Waals surface area contributed by atoms with E-state index in [1.165, 1.54) is 6.92 Å². The molecule has 1 aromatic carbocycles. The van der Waals surface area contributed by atoms with Crippen LogP contribution in [0.3, 0.4) is 0 Å². The summed E-state index contributed by atoms with van der Waals surface area (Å²) in [6.45, 7) is 5.52. The largest absolute Gasteiger partial charge is 0.427 e. The molecule has 2 nitrogen and oxygen atoms in total. The van der Waals surface area contributed by atoms with Gasteiger partial charge in [-0.05, 0) is 19.1 Å². The van der Waals surface area contributed by atoms with Crippen molar-refractivity contribution in [3.05, 3.63) is 29.8 Å². The Kier molecular flexibility index (Phi) is 6.58. The molecule has 1 rings (SSSR count). The molecule has 1 aromatic rings. The lowest BCUT2D eigenvalue weighted by Crippen LogP contribution is -1.93. The number of benzene rings is 1. The molecule has 0 N–H and O–H groups in total. The molecule has 0 aliphatic carbocycles. The highest BCUT2D eigenvalue weighted by Gasteiger charge is 2.05. The van der Waals surface area contributed by atoms with Crippen LogP contribution in [0, 0.1) is 0 Å². The highest BCUT2D eigenvalue weighted by atomic mass is 127. The molecule has 0 heterocycles. The van der Waals surface area contributed by atoms with Crippen molar-refractivity contribution in [2.75, 3.05) is 0 Å². The Bertz CT molecular complexity index is 271. The fourth-order valence-corrected chi connectivity index (χ4v) is 1.21. The van der Waals surface area contributed by atoms with E-state index in [1.807, 2.05) is 26.0 Å². The zero-order valence-corrected chi connectivity index (χ0v) is 10.2. The van der Waals surface area contributed by atoms with Crippen LogP contribution in [0.1, 0.15) is 31.1 Å². The minimum Gasteiger partial charge on any atom is -0.427 e. The first-order valence-electron chi connectivity index (χ1n) is 4.14. The zero-order chi connectivity index (χ0) is 10.3. The molecule has 0 atom stereocenters. The van der Waals surface area contributed by atoms with Crippen molar-refractivity contribution in [2.45, 2.75) is 20.8 Å². The molecule has 0 unspecified atom stereocenters. The number of para-hydroxylation sites is 1. The van der Waals surface area contributed by atoms with Gasteiger partial charge in [-0.15, -0.1) is 0 Å². The number of rotatable bonds is 2. The van der Waals surface area contributed by atoms with Crippen molar-refractivity contribution >= 4 is 28.8 Å². The van der Waals surface area contributed by atoms with Crippen molar-refractivity contribution in [2.24, 2.45) is 0 Å². The van der Waals surface area contributed by atoms with E-state index < -0.39 is 0 Å². The van der Waals surface area contributed by atoms with Crippen LogP contribution in [0.4, 0.5) is 0 Å². The van der Waals surface area contributed by atoms with Crippen LogP contribution < -0.4 is 3.07 Å². The monoisotopic (exact) mass is 292 g/mol. The fourth-order valence-electron chi connectivity index (χ4n) is 0.825. The highest BCUT2D eigenvalue weighted by Crippen LogP contribution is 2.19. The topological polar surface area (TPSA) is 26.3 Å². The SMILES string of the molecule is CC.CC(=O)c1ccccc1OI. The van der Waals surface area contributed by atoms with Crippen LogP contribution in [0.15, 0.2) is 24.3 Å². The Hall–Kier alpha value is -0.580. The molecule has 0 bridgehead atoms. The lowest BCUT2D eigenvalue weighted by molar-refractivity contribution is 0.101. The second kappa shape index (κ2) is 6.88. The van der Waals surface area contributed by atoms with Gasteiger partial charge in [0, 0.05) is 0 Å². The molecule has 0 spiro atoms. The summed E-state index contributed by atoms with van der Waals surface area (Å²) in [6, 6.07) is 7.16. The van der Waals surface area contributed by atoms with Crippen LogP contribution in [-0.4, -0.2) is 5.78 Å². The lowest BCUT2D eigenvalue weighted by Gasteiger charge is -2.00. The van der Waals surface area contributed by atoms with Crippen LogP contribution in [0.2, 0.25) is 0 Å². The molecule has 0 fully saturated rings. The normalized spacial score (nSPS) is 8.31. The van der Waals surface area contributed by atoms with Gasteiger partial charge in [-0.2, -0.15) is 0 Å². The Labute approximate surface area is 93.0 Å². The van der Waals surface area contributed by atoms with Crippen LogP contribution >= 0.6 is 23.0 Å². The van der Waals surface area contributed by atoms with Gasteiger partial charge in [0.05, 0.1) is 5.56 Å². The number of hydrogen-bond donors (Lipinski definition) is 0. The van der Waals surface area contributed by atoms with Gasteiger partial charge in [0.25, 0.3) is 0 Å². The summed E-state index contributed by atoms with van der Waals surface area (Å²) >= 11 is 1.76. The van der Waals surface area contributed by atoms with Crippen molar-refractivity contribution in [1.82, 2.24) is 0 Å². The van der Waals surface area contributed by atoms with Crippen LogP contribution in [-0.2, 0) is 0 Å². The molecule has 13 heavy (non-hydrogen) atoms. The molecular weight excluding hydrogens is 279 g/mol. The molecular formula is C10H13IO2. The van der Waals surface area contributed by atoms with Crippen molar-refractivity contribution in [1.29, 1.82) is 0 Å². The van der Waals surface area contributed by atoms with E-state index in [-0.39, 0.29) is 5.78 Å². The molecule has 0 amide bonds. The van der Waals surface area contributed by atoms with Crippen molar-refractivity contribution in [3.63, 3.8) is 0 Å². The second-order valence-electron chi connectivity index (χ2n) is 2.13. The van der Waals surface area contributed by atoms with Crippen molar-refractivity contribution in [3.8, 4) is 5.75 Å². The predicted octanol–water partition coefficient (Wildman–Crippen LogP) is 3.64. The van der Waals surface area contributed by atoms with Gasteiger partial charge in [-0.25, -0.2) is 0 Å².